The van der Waals surface area contributed by atoms with Crippen LogP contribution in [0.3, 0.4) is 0 Å². The van der Waals surface area contributed by atoms with E-state index in [9.17, 15) is 4.79 Å². The highest BCUT2D eigenvalue weighted by Crippen LogP contribution is 2.24. The second-order valence-corrected chi connectivity index (χ2v) is 7.50. The summed E-state index contributed by atoms with van der Waals surface area (Å²) in [5.74, 6) is 0.405. The standard InChI is InChI=1S/C20H17N7OS2/c28-17(25-26-20(29)23-15-9-5-2-6-10-15)12-30-18-11-16(14-7-3-1-4-8-14)24-19-21-13-22-27(18)19/h1-11,13H,12H2,(H,25,28)(H2,23,26,29). The van der Waals surface area contributed by atoms with Gasteiger partial charge in [-0.25, -0.2) is 4.98 Å². The number of nitrogens with one attached hydrogen (secondary N) is 3. The normalized spacial score (nSPS) is 10.5. The Hall–Kier alpha value is -3.50. The molecule has 0 spiro atoms. The average molecular weight is 436 g/mol. The fraction of sp³-hybridized carbons (Fsp3) is 0.0500. The minimum Gasteiger partial charge on any atom is -0.331 e. The topological polar surface area (TPSA) is 96.2 Å². The molecule has 0 aliphatic rings. The Labute approximate surface area is 182 Å². The van der Waals surface area contributed by atoms with Crippen molar-refractivity contribution in [2.24, 2.45) is 0 Å². The van der Waals surface area contributed by atoms with Gasteiger partial charge in [-0.2, -0.15) is 14.6 Å². The van der Waals surface area contributed by atoms with E-state index in [0.29, 0.717) is 10.9 Å². The van der Waals surface area contributed by atoms with Crippen LogP contribution in [0.15, 0.2) is 78.1 Å². The molecule has 2 aromatic heterocycles. The zero-order valence-electron chi connectivity index (χ0n) is 15.6. The summed E-state index contributed by atoms with van der Waals surface area (Å²) in [6.07, 6.45) is 1.44. The fourth-order valence-corrected chi connectivity index (χ4v) is 3.60. The zero-order chi connectivity index (χ0) is 20.8. The van der Waals surface area contributed by atoms with E-state index in [0.717, 1.165) is 22.0 Å². The number of aromatic nitrogens is 4. The van der Waals surface area contributed by atoms with E-state index in [2.05, 4.69) is 31.2 Å². The van der Waals surface area contributed by atoms with Crippen LogP contribution in [0.2, 0.25) is 0 Å². The summed E-state index contributed by atoms with van der Waals surface area (Å²) in [7, 11) is 0. The number of para-hydroxylation sites is 1. The number of hydrogen-bond donors (Lipinski definition) is 3. The number of benzene rings is 2. The number of amides is 1. The van der Waals surface area contributed by atoms with Crippen LogP contribution < -0.4 is 16.2 Å². The lowest BCUT2D eigenvalue weighted by atomic mass is 10.1. The molecule has 0 aliphatic carbocycles. The summed E-state index contributed by atoms with van der Waals surface area (Å²) >= 11 is 6.51. The van der Waals surface area contributed by atoms with Crippen LogP contribution in [0, 0.1) is 0 Å². The van der Waals surface area contributed by atoms with Gasteiger partial charge in [0.15, 0.2) is 5.11 Å². The van der Waals surface area contributed by atoms with E-state index >= 15 is 0 Å². The highest BCUT2D eigenvalue weighted by atomic mass is 32.2. The molecular formula is C20H17N7OS2. The smallest absolute Gasteiger partial charge is 0.253 e. The van der Waals surface area contributed by atoms with Gasteiger partial charge in [-0.05, 0) is 30.4 Å². The van der Waals surface area contributed by atoms with Gasteiger partial charge in [-0.3, -0.25) is 15.6 Å². The third-order valence-corrected chi connectivity index (χ3v) is 5.18. The first-order valence-corrected chi connectivity index (χ1v) is 10.4. The van der Waals surface area contributed by atoms with Gasteiger partial charge in [0.05, 0.1) is 11.4 Å². The monoisotopic (exact) mass is 435 g/mol. The van der Waals surface area contributed by atoms with Crippen molar-refractivity contribution < 1.29 is 4.79 Å². The van der Waals surface area contributed by atoms with E-state index in [1.54, 1.807) is 4.52 Å². The lowest BCUT2D eigenvalue weighted by molar-refractivity contribution is -0.119. The molecular weight excluding hydrogens is 418 g/mol. The van der Waals surface area contributed by atoms with Gasteiger partial charge in [0.1, 0.15) is 11.4 Å². The van der Waals surface area contributed by atoms with Gasteiger partial charge in [0, 0.05) is 11.3 Å². The molecule has 30 heavy (non-hydrogen) atoms. The summed E-state index contributed by atoms with van der Waals surface area (Å²) < 4.78 is 1.61. The van der Waals surface area contributed by atoms with Crippen molar-refractivity contribution >= 4 is 46.5 Å². The predicted molar refractivity (Wildman–Crippen MR) is 121 cm³/mol. The van der Waals surface area contributed by atoms with Crippen molar-refractivity contribution in [3.8, 4) is 11.3 Å². The van der Waals surface area contributed by atoms with Gasteiger partial charge >= 0.3 is 0 Å². The molecule has 0 fully saturated rings. The van der Waals surface area contributed by atoms with Crippen LogP contribution in [0.5, 0.6) is 0 Å². The third-order valence-electron chi connectivity index (χ3n) is 3.99. The molecule has 0 saturated carbocycles. The number of hydrogen-bond acceptors (Lipinski definition) is 6. The number of carbonyl (C=O) groups excluding carboxylic acids is 1. The molecule has 1 amide bonds. The van der Waals surface area contributed by atoms with Gasteiger partial charge in [0.25, 0.3) is 5.78 Å². The molecule has 0 saturated heterocycles. The Morgan fingerprint density at radius 3 is 2.53 bits per heavy atom. The number of anilines is 1. The molecule has 0 atom stereocenters. The molecule has 2 aromatic carbocycles. The summed E-state index contributed by atoms with van der Waals surface area (Å²) in [6.45, 7) is 0. The maximum absolute atomic E-state index is 12.3. The summed E-state index contributed by atoms with van der Waals surface area (Å²) in [5.41, 5.74) is 7.85. The van der Waals surface area contributed by atoms with Gasteiger partial charge < -0.3 is 5.32 Å². The van der Waals surface area contributed by atoms with E-state index in [4.69, 9.17) is 12.2 Å². The number of carbonyl (C=O) groups is 1. The predicted octanol–water partition coefficient (Wildman–Crippen LogP) is 2.90. The third kappa shape index (κ3) is 4.91. The van der Waals surface area contributed by atoms with Crippen LogP contribution in [0.1, 0.15) is 0 Å². The Balaban J connectivity index is 1.38. The highest BCUT2D eigenvalue weighted by molar-refractivity contribution is 7.99. The first-order chi connectivity index (χ1) is 14.7. The van der Waals surface area contributed by atoms with E-state index in [1.165, 1.54) is 18.1 Å². The molecule has 0 unspecified atom stereocenters. The van der Waals surface area contributed by atoms with Crippen molar-refractivity contribution in [1.29, 1.82) is 0 Å². The van der Waals surface area contributed by atoms with Crippen LogP contribution in [-0.2, 0) is 4.79 Å². The van der Waals surface area contributed by atoms with E-state index in [-0.39, 0.29) is 11.7 Å². The summed E-state index contributed by atoms with van der Waals surface area (Å²) in [6, 6.07) is 21.1. The number of nitrogens with zero attached hydrogens (tertiary/aromatic N) is 4. The van der Waals surface area contributed by atoms with Crippen LogP contribution in [0.25, 0.3) is 17.0 Å². The molecule has 10 heteroatoms. The maximum Gasteiger partial charge on any atom is 0.253 e. The van der Waals surface area contributed by atoms with Crippen molar-refractivity contribution in [2.45, 2.75) is 5.03 Å². The van der Waals surface area contributed by atoms with E-state index in [1.807, 2.05) is 66.7 Å². The highest BCUT2D eigenvalue weighted by Gasteiger charge is 2.12. The molecule has 4 aromatic rings. The van der Waals surface area contributed by atoms with Gasteiger partial charge in [0.2, 0.25) is 5.91 Å². The molecule has 150 valence electrons. The van der Waals surface area contributed by atoms with Crippen LogP contribution in [-0.4, -0.2) is 36.4 Å². The lowest BCUT2D eigenvalue weighted by Gasteiger charge is -2.11. The Bertz CT molecular complexity index is 1170. The molecule has 3 N–H and O–H groups in total. The number of thioether (sulfide) groups is 1. The molecule has 8 nitrogen and oxygen atoms in total. The fourth-order valence-electron chi connectivity index (χ4n) is 2.63. The number of rotatable bonds is 5. The molecule has 2 heterocycles. The zero-order valence-corrected chi connectivity index (χ0v) is 17.3. The maximum atomic E-state index is 12.3. The van der Waals surface area contributed by atoms with E-state index < -0.39 is 0 Å². The number of fused-ring (bicyclic) bond motifs is 1. The average Bonchev–Trinajstić information content (AvgIpc) is 3.26. The quantitative estimate of drug-likeness (QED) is 0.191. The van der Waals surface area contributed by atoms with Crippen molar-refractivity contribution in [2.75, 3.05) is 11.1 Å². The minimum atomic E-state index is -0.233. The van der Waals surface area contributed by atoms with Crippen LogP contribution in [0.4, 0.5) is 5.69 Å². The van der Waals surface area contributed by atoms with Gasteiger partial charge in [-0.1, -0.05) is 60.3 Å². The SMILES string of the molecule is O=C(CSc1cc(-c2ccccc2)nc2ncnn12)NNC(=S)Nc1ccccc1. The number of thiocarbonyl (C=S) groups is 1. The van der Waals surface area contributed by atoms with Gasteiger partial charge in [-0.15, -0.1) is 0 Å². The number of hydrazine groups is 1. The molecule has 0 aliphatic heterocycles. The second kappa shape index (κ2) is 9.33. The molecule has 0 bridgehead atoms. The second-order valence-electron chi connectivity index (χ2n) is 6.10. The Kier molecular flexibility index (Phi) is 6.16. The summed E-state index contributed by atoms with van der Waals surface area (Å²) in [4.78, 5) is 21.0. The molecule has 4 rings (SSSR count). The largest absolute Gasteiger partial charge is 0.331 e. The van der Waals surface area contributed by atoms with Crippen molar-refractivity contribution in [1.82, 2.24) is 30.4 Å². The van der Waals surface area contributed by atoms with Crippen molar-refractivity contribution in [3.63, 3.8) is 0 Å². The summed E-state index contributed by atoms with van der Waals surface area (Å²) in [5, 5.41) is 8.24. The Morgan fingerprint density at radius 1 is 1.03 bits per heavy atom. The minimum absolute atomic E-state index is 0.161. The first-order valence-electron chi connectivity index (χ1n) is 8.99. The molecule has 0 radical (unpaired) electrons. The first kappa shape index (κ1) is 19.8. The lowest BCUT2D eigenvalue weighted by Crippen LogP contribution is -2.44. The van der Waals surface area contributed by atoms with Crippen LogP contribution >= 0.6 is 24.0 Å². The van der Waals surface area contributed by atoms with Crippen molar-refractivity contribution in [3.05, 3.63) is 73.1 Å². The Morgan fingerprint density at radius 2 is 1.77 bits per heavy atom.